The van der Waals surface area contributed by atoms with Crippen LogP contribution < -0.4 is 4.90 Å². The fourth-order valence-corrected chi connectivity index (χ4v) is 10.2. The fourth-order valence-electron chi connectivity index (χ4n) is 10.2. The third-order valence-corrected chi connectivity index (χ3v) is 13.3. The number of rotatable bonds is 7. The molecule has 0 bridgehead atoms. The Kier molecular flexibility index (Phi) is 7.55. The average Bonchev–Trinajstić information content (AvgIpc) is 3.93. The molecule has 0 saturated heterocycles. The molecule has 292 valence electrons. The highest BCUT2D eigenvalue weighted by Crippen LogP contribution is 2.56. The van der Waals surface area contributed by atoms with Gasteiger partial charge in [-0.05, 0) is 119 Å². The van der Waals surface area contributed by atoms with Crippen molar-refractivity contribution in [3.63, 3.8) is 0 Å². The number of anilines is 3. The second-order valence-corrected chi connectivity index (χ2v) is 17.5. The lowest BCUT2D eigenvalue weighted by Crippen LogP contribution is -2.33. The molecule has 10 aromatic rings. The Morgan fingerprint density at radius 1 is 0.426 bits per heavy atom. The number of hydrogen-bond acceptors (Lipinski definition) is 4. The summed E-state index contributed by atoms with van der Waals surface area (Å²) in [6.45, 7) is 9.53. The van der Waals surface area contributed by atoms with Crippen molar-refractivity contribution in [3.05, 3.63) is 205 Å². The van der Waals surface area contributed by atoms with Crippen LogP contribution in [0.4, 0.5) is 17.1 Å². The normalized spacial score (nSPS) is 14.2. The van der Waals surface area contributed by atoms with Crippen molar-refractivity contribution in [2.75, 3.05) is 4.90 Å². The van der Waals surface area contributed by atoms with Crippen LogP contribution in [0.2, 0.25) is 0 Å². The Labute approximate surface area is 355 Å². The first-order chi connectivity index (χ1) is 29.8. The third kappa shape index (κ3) is 5.26. The lowest BCUT2D eigenvalue weighted by atomic mass is 9.68. The van der Waals surface area contributed by atoms with E-state index in [0.29, 0.717) is 0 Å². The predicted octanol–water partition coefficient (Wildman–Crippen LogP) is 14.6. The first-order valence-corrected chi connectivity index (χ1v) is 21.1. The summed E-state index contributed by atoms with van der Waals surface area (Å²) in [4.78, 5) is 11.6. The van der Waals surface area contributed by atoms with E-state index in [4.69, 9.17) is 4.42 Å². The van der Waals surface area contributed by atoms with Gasteiger partial charge in [0.1, 0.15) is 11.5 Å². The number of hydrogen-bond donors (Lipinski definition) is 0. The van der Waals surface area contributed by atoms with Crippen LogP contribution in [0.15, 0.2) is 187 Å². The molecule has 0 amide bonds. The van der Waals surface area contributed by atoms with E-state index in [-0.39, 0.29) is 10.8 Å². The summed E-state index contributed by atoms with van der Waals surface area (Å²) in [7, 11) is 0. The molecule has 0 N–H and O–H groups in total. The van der Waals surface area contributed by atoms with Gasteiger partial charge in [-0.2, -0.15) is 0 Å². The zero-order valence-electron chi connectivity index (χ0n) is 34.5. The van der Waals surface area contributed by atoms with Gasteiger partial charge in [0.15, 0.2) is 0 Å². The van der Waals surface area contributed by atoms with E-state index in [1.807, 2.05) is 48.8 Å². The minimum Gasteiger partial charge on any atom is -0.456 e. The molecule has 0 atom stereocenters. The van der Waals surface area contributed by atoms with Crippen LogP contribution in [0, 0.1) is 0 Å². The SMILES string of the molecule is CC1(C)c2cc(-c3ccc(-c4ccc(N(c5cccc(-c6ccccn6)c5)c5cccc(-c6ccccn6)c5)cc4)o3)cc3c2-n2c4c1cccc4c1cccc(c12)C3(C)C. The molecule has 5 heteroatoms. The van der Waals surface area contributed by atoms with Crippen LogP contribution in [0.3, 0.4) is 0 Å². The number of fused-ring (bicyclic) bond motifs is 1. The van der Waals surface area contributed by atoms with Crippen molar-refractivity contribution < 1.29 is 4.42 Å². The van der Waals surface area contributed by atoms with E-state index >= 15 is 0 Å². The van der Waals surface area contributed by atoms with Crippen molar-refractivity contribution in [3.8, 4) is 50.8 Å². The van der Waals surface area contributed by atoms with Crippen LogP contribution in [-0.4, -0.2) is 14.5 Å². The van der Waals surface area contributed by atoms with Crippen molar-refractivity contribution in [1.29, 1.82) is 0 Å². The number of para-hydroxylation sites is 2. The molecule has 2 aliphatic heterocycles. The van der Waals surface area contributed by atoms with Gasteiger partial charge in [0.2, 0.25) is 0 Å². The van der Waals surface area contributed by atoms with Gasteiger partial charge in [0.05, 0.1) is 28.1 Å². The van der Waals surface area contributed by atoms with Crippen LogP contribution in [-0.2, 0) is 10.8 Å². The van der Waals surface area contributed by atoms with Gasteiger partial charge in [0, 0.05) is 73.3 Å². The molecule has 0 aliphatic carbocycles. The predicted molar refractivity (Wildman–Crippen MR) is 249 cm³/mol. The second kappa shape index (κ2) is 13.0. The number of benzene rings is 6. The van der Waals surface area contributed by atoms with Crippen molar-refractivity contribution in [2.24, 2.45) is 0 Å². The van der Waals surface area contributed by atoms with Crippen LogP contribution in [0.25, 0.3) is 72.7 Å². The zero-order chi connectivity index (χ0) is 41.0. The number of furan rings is 1. The number of pyridine rings is 2. The average molecular weight is 787 g/mol. The zero-order valence-corrected chi connectivity index (χ0v) is 34.5. The van der Waals surface area contributed by atoms with E-state index in [1.165, 1.54) is 49.7 Å². The molecule has 0 unspecified atom stereocenters. The van der Waals surface area contributed by atoms with E-state index < -0.39 is 0 Å². The number of nitrogens with zero attached hydrogens (tertiary/aromatic N) is 4. The maximum Gasteiger partial charge on any atom is 0.134 e. The molecule has 2 aliphatic rings. The molecule has 0 radical (unpaired) electrons. The van der Waals surface area contributed by atoms with Gasteiger partial charge in [0.25, 0.3) is 0 Å². The quantitative estimate of drug-likeness (QED) is 0.161. The molecule has 4 aromatic heterocycles. The smallest absolute Gasteiger partial charge is 0.134 e. The first kappa shape index (κ1) is 35.4. The van der Waals surface area contributed by atoms with E-state index in [1.54, 1.807) is 0 Å². The summed E-state index contributed by atoms with van der Waals surface area (Å²) in [6.07, 6.45) is 3.68. The second-order valence-electron chi connectivity index (χ2n) is 17.5. The van der Waals surface area contributed by atoms with Gasteiger partial charge in [-0.15, -0.1) is 0 Å². The minimum absolute atomic E-state index is 0.205. The maximum absolute atomic E-state index is 6.83. The monoisotopic (exact) mass is 786 g/mol. The Bertz CT molecular complexity index is 3180. The largest absolute Gasteiger partial charge is 0.456 e. The van der Waals surface area contributed by atoms with Crippen molar-refractivity contribution >= 4 is 38.9 Å². The molecule has 61 heavy (non-hydrogen) atoms. The Hall–Kier alpha value is -7.50. The van der Waals surface area contributed by atoms with Crippen LogP contribution in [0.5, 0.6) is 0 Å². The summed E-state index contributed by atoms with van der Waals surface area (Å²) < 4.78 is 9.40. The molecule has 6 aromatic carbocycles. The topological polar surface area (TPSA) is 47.1 Å². The Morgan fingerprint density at radius 2 is 0.934 bits per heavy atom. The molecule has 0 saturated carbocycles. The fraction of sp³-hybridized carbons (Fsp3) is 0.107. The Balaban J connectivity index is 0.944. The van der Waals surface area contributed by atoms with Gasteiger partial charge in [-0.1, -0.05) is 100 Å². The Morgan fingerprint density at radius 3 is 1.44 bits per heavy atom. The standard InChI is InChI=1S/C56H42N4O/c1-55(2)44-19-11-17-42-43-18-12-20-45-53(43)60(52(42)44)54-46(55)33-38(34-47(54)56(45,3)4)51-28-27-50(61-51)35-23-25-39(26-24-35)59(40-15-9-13-36(31-40)48-21-5-7-29-57-48)41-16-10-14-37(32-41)49-22-6-8-30-58-49/h5-34H,1-4H3. The highest BCUT2D eigenvalue weighted by atomic mass is 16.3. The molecule has 6 heterocycles. The van der Waals surface area contributed by atoms with Gasteiger partial charge in [-0.25, -0.2) is 0 Å². The summed E-state index contributed by atoms with van der Waals surface area (Å²) in [5, 5.41) is 2.67. The number of aromatic nitrogens is 3. The summed E-state index contributed by atoms with van der Waals surface area (Å²) >= 11 is 0. The van der Waals surface area contributed by atoms with Gasteiger partial charge < -0.3 is 13.9 Å². The first-order valence-electron chi connectivity index (χ1n) is 21.1. The highest BCUT2D eigenvalue weighted by molar-refractivity contribution is 6.14. The molecule has 12 rings (SSSR count). The summed E-state index contributed by atoms with van der Waals surface area (Å²) in [5.74, 6) is 1.70. The maximum atomic E-state index is 6.83. The highest BCUT2D eigenvalue weighted by Gasteiger charge is 2.43. The van der Waals surface area contributed by atoms with E-state index in [0.717, 1.165) is 62.2 Å². The van der Waals surface area contributed by atoms with Gasteiger partial charge in [-0.3, -0.25) is 9.97 Å². The van der Waals surface area contributed by atoms with Crippen molar-refractivity contribution in [2.45, 2.75) is 38.5 Å². The van der Waals surface area contributed by atoms with Crippen LogP contribution >= 0.6 is 0 Å². The summed E-state index contributed by atoms with van der Waals surface area (Å²) in [6, 6.07) is 60.6. The molecular formula is C56H42N4O. The molecule has 0 fully saturated rings. The van der Waals surface area contributed by atoms with Crippen molar-refractivity contribution in [1.82, 2.24) is 14.5 Å². The molecular weight excluding hydrogens is 745 g/mol. The van der Waals surface area contributed by atoms with Gasteiger partial charge >= 0.3 is 0 Å². The molecule has 0 spiro atoms. The van der Waals surface area contributed by atoms with Crippen LogP contribution in [0.1, 0.15) is 49.9 Å². The molecule has 5 nitrogen and oxygen atoms in total. The minimum atomic E-state index is -0.205. The van der Waals surface area contributed by atoms with E-state index in [2.05, 4.69) is 181 Å². The lowest BCUT2D eigenvalue weighted by Gasteiger charge is -2.42. The van der Waals surface area contributed by atoms with E-state index in [9.17, 15) is 0 Å². The third-order valence-electron chi connectivity index (χ3n) is 13.3. The summed E-state index contributed by atoms with van der Waals surface area (Å²) in [5.41, 5.74) is 18.2. The lowest BCUT2D eigenvalue weighted by molar-refractivity contribution is 0.585.